The van der Waals surface area contributed by atoms with Gasteiger partial charge < -0.3 is 10.0 Å². The molecule has 31 heavy (non-hydrogen) atoms. The predicted octanol–water partition coefficient (Wildman–Crippen LogP) is 1.60. The third-order valence-electron chi connectivity index (χ3n) is 5.12. The van der Waals surface area contributed by atoms with E-state index in [4.69, 9.17) is 0 Å². The SMILES string of the molecule is O=C(O)C1CN(c2cnc3cncnc3n2)CCN1S(=O)(=O)c1cc2ccccc2s1. The van der Waals surface area contributed by atoms with E-state index in [0.717, 1.165) is 25.7 Å². The van der Waals surface area contributed by atoms with Gasteiger partial charge in [-0.15, -0.1) is 11.3 Å². The van der Waals surface area contributed by atoms with E-state index in [2.05, 4.69) is 19.9 Å². The second kappa shape index (κ2) is 7.48. The van der Waals surface area contributed by atoms with Crippen molar-refractivity contribution in [2.24, 2.45) is 0 Å². The van der Waals surface area contributed by atoms with E-state index >= 15 is 0 Å². The van der Waals surface area contributed by atoms with Crippen LogP contribution in [0.15, 0.2) is 53.3 Å². The first-order valence-corrected chi connectivity index (χ1v) is 11.6. The Kier molecular flexibility index (Phi) is 4.76. The molecule has 4 aromatic rings. The van der Waals surface area contributed by atoms with E-state index in [9.17, 15) is 18.3 Å². The minimum absolute atomic E-state index is 0.0109. The van der Waals surface area contributed by atoms with Gasteiger partial charge in [-0.1, -0.05) is 18.2 Å². The summed E-state index contributed by atoms with van der Waals surface area (Å²) in [7, 11) is -3.97. The third kappa shape index (κ3) is 3.48. The molecule has 1 aliphatic rings. The molecule has 0 saturated carbocycles. The Balaban J connectivity index is 1.46. The molecule has 1 saturated heterocycles. The maximum Gasteiger partial charge on any atom is 0.323 e. The molecule has 4 heterocycles. The Bertz CT molecular complexity index is 1370. The fraction of sp³-hybridized carbons (Fsp3) is 0.211. The fourth-order valence-electron chi connectivity index (χ4n) is 3.57. The van der Waals surface area contributed by atoms with Crippen LogP contribution in [0.4, 0.5) is 5.82 Å². The van der Waals surface area contributed by atoms with Gasteiger partial charge in [0.15, 0.2) is 5.65 Å². The van der Waals surface area contributed by atoms with E-state index in [1.165, 1.54) is 18.7 Å². The van der Waals surface area contributed by atoms with E-state index in [-0.39, 0.29) is 23.8 Å². The van der Waals surface area contributed by atoms with E-state index in [0.29, 0.717) is 17.0 Å². The highest BCUT2D eigenvalue weighted by Gasteiger charge is 2.41. The Morgan fingerprint density at radius 2 is 2.00 bits per heavy atom. The minimum Gasteiger partial charge on any atom is -0.480 e. The summed E-state index contributed by atoms with van der Waals surface area (Å²) in [5.41, 5.74) is 0.909. The molecule has 1 unspecified atom stereocenters. The Labute approximate surface area is 180 Å². The van der Waals surface area contributed by atoms with Gasteiger partial charge in [0.2, 0.25) is 0 Å². The smallest absolute Gasteiger partial charge is 0.323 e. The average Bonchev–Trinajstić information content (AvgIpc) is 3.23. The van der Waals surface area contributed by atoms with Crippen LogP contribution in [0.2, 0.25) is 0 Å². The highest BCUT2D eigenvalue weighted by molar-refractivity contribution is 7.91. The normalized spacial score (nSPS) is 17.9. The van der Waals surface area contributed by atoms with Crippen molar-refractivity contribution >= 4 is 54.4 Å². The minimum atomic E-state index is -3.97. The van der Waals surface area contributed by atoms with Gasteiger partial charge in [0, 0.05) is 24.3 Å². The number of rotatable bonds is 4. The lowest BCUT2D eigenvalue weighted by Gasteiger charge is -2.38. The van der Waals surface area contributed by atoms with E-state index in [1.807, 2.05) is 24.3 Å². The van der Waals surface area contributed by atoms with Crippen LogP contribution in [-0.2, 0) is 14.8 Å². The second-order valence-electron chi connectivity index (χ2n) is 6.98. The van der Waals surface area contributed by atoms with Gasteiger partial charge in [-0.25, -0.2) is 28.4 Å². The lowest BCUT2D eigenvalue weighted by Crippen LogP contribution is -2.58. The Morgan fingerprint density at radius 1 is 1.16 bits per heavy atom. The number of anilines is 1. The summed E-state index contributed by atoms with van der Waals surface area (Å²) in [6.45, 7) is 0.237. The number of benzene rings is 1. The number of sulfonamides is 1. The summed E-state index contributed by atoms with van der Waals surface area (Å²) in [6, 6.07) is 7.68. The van der Waals surface area contributed by atoms with Crippen LogP contribution in [0.3, 0.4) is 0 Å². The molecule has 0 bridgehead atoms. The van der Waals surface area contributed by atoms with Gasteiger partial charge in [-0.3, -0.25) is 4.79 Å². The molecule has 1 aromatic carbocycles. The first kappa shape index (κ1) is 19.7. The molecule has 1 fully saturated rings. The molecule has 10 nitrogen and oxygen atoms in total. The summed E-state index contributed by atoms with van der Waals surface area (Å²) >= 11 is 1.14. The quantitative estimate of drug-likeness (QED) is 0.487. The molecule has 0 amide bonds. The monoisotopic (exact) mass is 456 g/mol. The highest BCUT2D eigenvalue weighted by Crippen LogP contribution is 2.32. The Morgan fingerprint density at radius 3 is 2.81 bits per heavy atom. The summed E-state index contributed by atoms with van der Waals surface area (Å²) in [6.07, 6.45) is 4.41. The number of carboxylic acids is 1. The first-order chi connectivity index (χ1) is 14.9. The molecule has 5 rings (SSSR count). The second-order valence-corrected chi connectivity index (χ2v) is 10.2. The molecule has 3 aromatic heterocycles. The van der Waals surface area contributed by atoms with Crippen molar-refractivity contribution < 1.29 is 18.3 Å². The van der Waals surface area contributed by atoms with Crippen molar-refractivity contribution in [3.05, 3.63) is 49.1 Å². The summed E-state index contributed by atoms with van der Waals surface area (Å²) in [5.74, 6) is -0.776. The summed E-state index contributed by atoms with van der Waals surface area (Å²) < 4.78 is 28.6. The zero-order valence-corrected chi connectivity index (χ0v) is 17.6. The fourth-order valence-corrected chi connectivity index (χ4v) is 6.67. The van der Waals surface area contributed by atoms with Crippen LogP contribution in [-0.4, -0.2) is 69.4 Å². The lowest BCUT2D eigenvalue weighted by molar-refractivity contribution is -0.141. The van der Waals surface area contributed by atoms with Crippen LogP contribution in [0, 0.1) is 0 Å². The van der Waals surface area contributed by atoms with Gasteiger partial charge in [0.05, 0.1) is 12.4 Å². The number of carboxylic acid groups (broad SMARTS) is 1. The van der Waals surface area contributed by atoms with Crippen molar-refractivity contribution in [2.75, 3.05) is 24.5 Å². The zero-order valence-electron chi connectivity index (χ0n) is 16.0. The number of aliphatic carboxylic acids is 1. The number of nitrogens with zero attached hydrogens (tertiary/aromatic N) is 6. The highest BCUT2D eigenvalue weighted by atomic mass is 32.2. The molecular formula is C19H16N6O4S2. The van der Waals surface area contributed by atoms with Crippen molar-refractivity contribution in [3.8, 4) is 0 Å². The number of fused-ring (bicyclic) bond motifs is 2. The van der Waals surface area contributed by atoms with Gasteiger partial charge in [0.1, 0.15) is 27.9 Å². The van der Waals surface area contributed by atoms with Crippen LogP contribution < -0.4 is 4.90 Å². The van der Waals surface area contributed by atoms with Crippen LogP contribution in [0.25, 0.3) is 21.3 Å². The van der Waals surface area contributed by atoms with E-state index < -0.39 is 22.0 Å². The van der Waals surface area contributed by atoms with Crippen molar-refractivity contribution in [1.82, 2.24) is 24.2 Å². The molecule has 0 aliphatic carbocycles. The van der Waals surface area contributed by atoms with Gasteiger partial charge >= 0.3 is 5.97 Å². The zero-order chi connectivity index (χ0) is 21.6. The molecular weight excluding hydrogens is 440 g/mol. The number of carbonyl (C=O) groups is 1. The Hall–Kier alpha value is -3.22. The topological polar surface area (TPSA) is 129 Å². The van der Waals surface area contributed by atoms with Gasteiger partial charge in [-0.2, -0.15) is 4.31 Å². The molecule has 1 N–H and O–H groups in total. The number of piperazine rings is 1. The van der Waals surface area contributed by atoms with Gasteiger partial charge in [0.25, 0.3) is 10.0 Å². The van der Waals surface area contributed by atoms with Crippen LogP contribution in [0.5, 0.6) is 0 Å². The molecule has 1 atom stereocenters. The van der Waals surface area contributed by atoms with Crippen LogP contribution >= 0.6 is 11.3 Å². The molecule has 12 heteroatoms. The van der Waals surface area contributed by atoms with Crippen molar-refractivity contribution in [2.45, 2.75) is 10.3 Å². The molecule has 158 valence electrons. The molecule has 1 aliphatic heterocycles. The predicted molar refractivity (Wildman–Crippen MR) is 114 cm³/mol. The largest absolute Gasteiger partial charge is 0.480 e. The molecule has 0 radical (unpaired) electrons. The maximum absolute atomic E-state index is 13.3. The average molecular weight is 457 g/mol. The standard InChI is InChI=1S/C19H16N6O4S2/c26-19(27)14-10-24(16-9-21-13-8-20-11-22-18(13)23-16)5-6-25(14)31(28,29)17-7-12-3-1-2-4-15(12)30-17/h1-4,7-9,11,14H,5-6,10H2,(H,26,27). The maximum atomic E-state index is 13.3. The van der Waals surface area contributed by atoms with Gasteiger partial charge in [-0.05, 0) is 17.5 Å². The number of hydrogen-bond donors (Lipinski definition) is 1. The number of thiophene rings is 1. The van der Waals surface area contributed by atoms with E-state index in [1.54, 1.807) is 11.0 Å². The summed E-state index contributed by atoms with van der Waals surface area (Å²) in [5, 5.41) is 10.6. The third-order valence-corrected chi connectivity index (χ3v) is 8.59. The number of aromatic nitrogens is 4. The lowest BCUT2D eigenvalue weighted by atomic mass is 10.2. The van der Waals surface area contributed by atoms with Crippen LogP contribution in [0.1, 0.15) is 0 Å². The molecule has 0 spiro atoms. The first-order valence-electron chi connectivity index (χ1n) is 9.34. The number of hydrogen-bond acceptors (Lipinski definition) is 9. The summed E-state index contributed by atoms with van der Waals surface area (Å²) in [4.78, 5) is 30.4. The van der Waals surface area contributed by atoms with Crippen molar-refractivity contribution in [3.63, 3.8) is 0 Å². The van der Waals surface area contributed by atoms with Crippen molar-refractivity contribution in [1.29, 1.82) is 0 Å².